The SMILES string of the molecule is Cc1ccnc(-c2c(C)nc3cccnn23)n1. The molecule has 0 radical (unpaired) electrons. The minimum absolute atomic E-state index is 0.661. The molecule has 0 fully saturated rings. The second-order valence-corrected chi connectivity index (χ2v) is 3.86. The molecule has 0 spiro atoms. The average molecular weight is 225 g/mol. The number of hydrogen-bond donors (Lipinski definition) is 0. The van der Waals surface area contributed by atoms with Crippen molar-refractivity contribution in [1.82, 2.24) is 24.6 Å². The molecule has 3 aromatic heterocycles. The van der Waals surface area contributed by atoms with E-state index in [0.29, 0.717) is 5.82 Å². The summed E-state index contributed by atoms with van der Waals surface area (Å²) in [7, 11) is 0. The predicted octanol–water partition coefficient (Wildman–Crippen LogP) is 1.80. The Bertz CT molecular complexity index is 686. The number of rotatable bonds is 1. The Morgan fingerprint density at radius 1 is 1.06 bits per heavy atom. The molecule has 0 aliphatic carbocycles. The van der Waals surface area contributed by atoms with Gasteiger partial charge in [-0.3, -0.25) is 0 Å². The maximum absolute atomic E-state index is 4.44. The molecule has 84 valence electrons. The van der Waals surface area contributed by atoms with Gasteiger partial charge < -0.3 is 0 Å². The summed E-state index contributed by atoms with van der Waals surface area (Å²) >= 11 is 0. The lowest BCUT2D eigenvalue weighted by Gasteiger charge is -2.01. The largest absolute Gasteiger partial charge is 0.235 e. The van der Waals surface area contributed by atoms with E-state index >= 15 is 0 Å². The van der Waals surface area contributed by atoms with Gasteiger partial charge in [0.15, 0.2) is 11.5 Å². The summed E-state index contributed by atoms with van der Waals surface area (Å²) in [6.07, 6.45) is 3.48. The highest BCUT2D eigenvalue weighted by Crippen LogP contribution is 2.20. The summed E-state index contributed by atoms with van der Waals surface area (Å²) in [5, 5.41) is 4.28. The summed E-state index contributed by atoms with van der Waals surface area (Å²) in [4.78, 5) is 13.1. The molecule has 0 atom stereocenters. The van der Waals surface area contributed by atoms with Crippen molar-refractivity contribution in [3.8, 4) is 11.5 Å². The van der Waals surface area contributed by atoms with Gasteiger partial charge in [0.05, 0.1) is 5.69 Å². The first-order valence-electron chi connectivity index (χ1n) is 5.36. The maximum atomic E-state index is 4.44. The number of imidazole rings is 1. The average Bonchev–Trinajstić information content (AvgIpc) is 2.64. The lowest BCUT2D eigenvalue weighted by Crippen LogP contribution is -1.98. The van der Waals surface area contributed by atoms with Crippen molar-refractivity contribution in [3.63, 3.8) is 0 Å². The molecule has 0 aromatic carbocycles. The maximum Gasteiger partial charge on any atom is 0.180 e. The van der Waals surface area contributed by atoms with Crippen molar-refractivity contribution in [2.24, 2.45) is 0 Å². The Kier molecular flexibility index (Phi) is 2.11. The fourth-order valence-corrected chi connectivity index (χ4v) is 1.82. The Morgan fingerprint density at radius 3 is 2.76 bits per heavy atom. The molecule has 0 aliphatic heterocycles. The first kappa shape index (κ1) is 9.89. The van der Waals surface area contributed by atoms with Gasteiger partial charge in [0.1, 0.15) is 5.69 Å². The van der Waals surface area contributed by atoms with Crippen LogP contribution < -0.4 is 0 Å². The quantitative estimate of drug-likeness (QED) is 0.633. The fourth-order valence-electron chi connectivity index (χ4n) is 1.82. The lowest BCUT2D eigenvalue weighted by atomic mass is 10.3. The summed E-state index contributed by atoms with van der Waals surface area (Å²) in [6.45, 7) is 3.88. The third-order valence-corrected chi connectivity index (χ3v) is 2.57. The van der Waals surface area contributed by atoms with Crippen molar-refractivity contribution in [2.45, 2.75) is 13.8 Å². The molecule has 3 aromatic rings. The van der Waals surface area contributed by atoms with Gasteiger partial charge in [-0.25, -0.2) is 19.5 Å². The van der Waals surface area contributed by atoms with Gasteiger partial charge in [0, 0.05) is 18.1 Å². The van der Waals surface area contributed by atoms with Crippen LogP contribution in [-0.4, -0.2) is 24.6 Å². The fraction of sp³-hybridized carbons (Fsp3) is 0.167. The van der Waals surface area contributed by atoms with E-state index in [1.165, 1.54) is 0 Å². The molecule has 0 aliphatic rings. The molecule has 3 rings (SSSR count). The molecule has 0 bridgehead atoms. The highest BCUT2D eigenvalue weighted by Gasteiger charge is 2.13. The molecule has 5 nitrogen and oxygen atoms in total. The first-order chi connectivity index (χ1) is 8.25. The van der Waals surface area contributed by atoms with Crippen LogP contribution in [0.1, 0.15) is 11.4 Å². The third kappa shape index (κ3) is 1.56. The van der Waals surface area contributed by atoms with Crippen molar-refractivity contribution in [3.05, 3.63) is 42.0 Å². The zero-order valence-corrected chi connectivity index (χ0v) is 9.62. The van der Waals surface area contributed by atoms with Crippen LogP contribution in [0.4, 0.5) is 0 Å². The molecular weight excluding hydrogens is 214 g/mol. The molecule has 0 N–H and O–H groups in total. The van der Waals surface area contributed by atoms with E-state index in [0.717, 1.165) is 22.7 Å². The minimum Gasteiger partial charge on any atom is -0.235 e. The lowest BCUT2D eigenvalue weighted by molar-refractivity contribution is 0.925. The molecule has 0 amide bonds. The number of nitrogens with zero attached hydrogens (tertiary/aromatic N) is 5. The van der Waals surface area contributed by atoms with Crippen LogP contribution in [0.15, 0.2) is 30.6 Å². The van der Waals surface area contributed by atoms with Gasteiger partial charge in [-0.2, -0.15) is 5.10 Å². The zero-order valence-electron chi connectivity index (χ0n) is 9.62. The highest BCUT2D eigenvalue weighted by atomic mass is 15.3. The van der Waals surface area contributed by atoms with Gasteiger partial charge in [0.2, 0.25) is 0 Å². The van der Waals surface area contributed by atoms with E-state index in [4.69, 9.17) is 0 Å². The van der Waals surface area contributed by atoms with Crippen molar-refractivity contribution < 1.29 is 0 Å². The zero-order chi connectivity index (χ0) is 11.8. The first-order valence-corrected chi connectivity index (χ1v) is 5.36. The van der Waals surface area contributed by atoms with E-state index in [-0.39, 0.29) is 0 Å². The van der Waals surface area contributed by atoms with Crippen LogP contribution in [0, 0.1) is 13.8 Å². The van der Waals surface area contributed by atoms with Gasteiger partial charge in [0.25, 0.3) is 0 Å². The highest BCUT2D eigenvalue weighted by molar-refractivity contribution is 5.59. The molecule has 0 saturated carbocycles. The second-order valence-electron chi connectivity index (χ2n) is 3.86. The molecule has 0 saturated heterocycles. The minimum atomic E-state index is 0.661. The van der Waals surface area contributed by atoms with Crippen molar-refractivity contribution >= 4 is 5.65 Å². The number of aryl methyl sites for hydroxylation is 2. The van der Waals surface area contributed by atoms with Crippen LogP contribution >= 0.6 is 0 Å². The predicted molar refractivity (Wildman–Crippen MR) is 63.5 cm³/mol. The Morgan fingerprint density at radius 2 is 1.94 bits per heavy atom. The summed E-state index contributed by atoms with van der Waals surface area (Å²) in [5.74, 6) is 0.661. The monoisotopic (exact) mass is 225 g/mol. The van der Waals surface area contributed by atoms with E-state index in [1.807, 2.05) is 32.0 Å². The van der Waals surface area contributed by atoms with E-state index in [1.54, 1.807) is 16.9 Å². The van der Waals surface area contributed by atoms with E-state index < -0.39 is 0 Å². The number of hydrogen-bond acceptors (Lipinski definition) is 4. The third-order valence-electron chi connectivity index (χ3n) is 2.57. The second kappa shape index (κ2) is 3.62. The van der Waals surface area contributed by atoms with E-state index in [9.17, 15) is 0 Å². The van der Waals surface area contributed by atoms with Gasteiger partial charge >= 0.3 is 0 Å². The van der Waals surface area contributed by atoms with Crippen molar-refractivity contribution in [1.29, 1.82) is 0 Å². The number of fused-ring (bicyclic) bond motifs is 1. The number of aromatic nitrogens is 5. The summed E-state index contributed by atoms with van der Waals surface area (Å²) < 4.78 is 1.77. The van der Waals surface area contributed by atoms with Gasteiger partial charge in [-0.05, 0) is 32.0 Å². The molecule has 17 heavy (non-hydrogen) atoms. The van der Waals surface area contributed by atoms with Crippen LogP contribution in [-0.2, 0) is 0 Å². The standard InChI is InChI=1S/C12H11N5/c1-8-5-7-13-12(15-8)11-9(2)16-10-4-3-6-14-17(10)11/h3-7H,1-2H3. The van der Waals surface area contributed by atoms with Gasteiger partial charge in [-0.15, -0.1) is 0 Å². The van der Waals surface area contributed by atoms with Crippen LogP contribution in [0.3, 0.4) is 0 Å². The smallest absolute Gasteiger partial charge is 0.180 e. The molecule has 0 unspecified atom stereocenters. The van der Waals surface area contributed by atoms with Crippen LogP contribution in [0.25, 0.3) is 17.2 Å². The van der Waals surface area contributed by atoms with E-state index in [2.05, 4.69) is 20.1 Å². The topological polar surface area (TPSA) is 56.0 Å². The van der Waals surface area contributed by atoms with Crippen LogP contribution in [0.5, 0.6) is 0 Å². The summed E-state index contributed by atoms with van der Waals surface area (Å²) in [6, 6.07) is 5.65. The molecule has 3 heterocycles. The Balaban J connectivity index is 2.33. The van der Waals surface area contributed by atoms with Crippen molar-refractivity contribution in [2.75, 3.05) is 0 Å². The van der Waals surface area contributed by atoms with Crippen LogP contribution in [0.2, 0.25) is 0 Å². The molecule has 5 heteroatoms. The Hall–Kier alpha value is -2.30. The molecular formula is C12H11N5. The normalized spacial score (nSPS) is 10.9. The van der Waals surface area contributed by atoms with Gasteiger partial charge in [-0.1, -0.05) is 0 Å². The summed E-state index contributed by atoms with van der Waals surface area (Å²) in [5.41, 5.74) is 3.48. The Labute approximate surface area is 98.2 Å².